The van der Waals surface area contributed by atoms with Crippen molar-refractivity contribution in [2.24, 2.45) is 0 Å². The number of methoxy groups -OCH3 is 2. The molecule has 3 nitrogen and oxygen atoms in total. The van der Waals surface area contributed by atoms with Crippen LogP contribution >= 0.6 is 22.6 Å². The van der Waals surface area contributed by atoms with E-state index in [4.69, 9.17) is 9.47 Å². The van der Waals surface area contributed by atoms with Gasteiger partial charge >= 0.3 is 6.36 Å². The minimum absolute atomic E-state index is 0.00234. The predicted molar refractivity (Wildman–Crippen MR) is 58.9 cm³/mol. The summed E-state index contributed by atoms with van der Waals surface area (Å²) in [7, 11) is 2.63. The van der Waals surface area contributed by atoms with Crippen LogP contribution in [0.1, 0.15) is 0 Å². The van der Waals surface area contributed by atoms with Gasteiger partial charge in [-0.1, -0.05) is 0 Å². The van der Waals surface area contributed by atoms with Crippen molar-refractivity contribution in [3.63, 3.8) is 0 Å². The Hall–Kier alpha value is -0.860. The molecule has 0 radical (unpaired) electrons. The third kappa shape index (κ3) is 3.06. The lowest BCUT2D eigenvalue weighted by Gasteiger charge is -2.15. The fourth-order valence-electron chi connectivity index (χ4n) is 1.05. The quantitative estimate of drug-likeness (QED) is 0.786. The number of rotatable bonds is 3. The normalized spacial score (nSPS) is 11.1. The maximum Gasteiger partial charge on any atom is 0.573 e. The van der Waals surface area contributed by atoms with Crippen molar-refractivity contribution in [1.82, 2.24) is 0 Å². The maximum absolute atomic E-state index is 12.2. The summed E-state index contributed by atoms with van der Waals surface area (Å²) in [6.45, 7) is 0. The number of hydrogen-bond acceptors (Lipinski definition) is 3. The minimum Gasteiger partial charge on any atom is -0.496 e. The highest BCUT2D eigenvalue weighted by Gasteiger charge is 2.34. The summed E-state index contributed by atoms with van der Waals surface area (Å²) in [4.78, 5) is 0. The molecule has 0 saturated carbocycles. The summed E-state index contributed by atoms with van der Waals surface area (Å²) in [5.41, 5.74) is 0. The molecule has 16 heavy (non-hydrogen) atoms. The Morgan fingerprint density at radius 1 is 1.06 bits per heavy atom. The number of ether oxygens (including phenoxy) is 3. The van der Waals surface area contributed by atoms with Gasteiger partial charge in [-0.3, -0.25) is 0 Å². The van der Waals surface area contributed by atoms with E-state index in [1.165, 1.54) is 26.4 Å². The zero-order valence-corrected chi connectivity index (χ0v) is 10.5. The first kappa shape index (κ1) is 13.2. The molecule has 1 aromatic rings. The molecular formula is C9H8F3IO3. The topological polar surface area (TPSA) is 27.7 Å². The van der Waals surface area contributed by atoms with Gasteiger partial charge in [0.1, 0.15) is 9.32 Å². The predicted octanol–water partition coefficient (Wildman–Crippen LogP) is 3.21. The molecule has 0 aliphatic rings. The Labute approximate surface area is 104 Å². The maximum atomic E-state index is 12.2. The standard InChI is InChI=1S/C9H8F3IO3/c1-14-5-3-4-6(15-2)8(7(5)13)16-9(10,11)12/h3-4H,1-2H3. The monoisotopic (exact) mass is 348 g/mol. The number of benzene rings is 1. The smallest absolute Gasteiger partial charge is 0.496 e. The molecule has 0 saturated heterocycles. The van der Waals surface area contributed by atoms with Crippen LogP contribution in [0.3, 0.4) is 0 Å². The van der Waals surface area contributed by atoms with Crippen LogP contribution in [0.5, 0.6) is 17.2 Å². The van der Waals surface area contributed by atoms with Gasteiger partial charge < -0.3 is 14.2 Å². The van der Waals surface area contributed by atoms with Crippen LogP contribution in [0.25, 0.3) is 0 Å². The molecule has 0 aliphatic heterocycles. The summed E-state index contributed by atoms with van der Waals surface area (Å²) in [6.07, 6.45) is -4.76. The summed E-state index contributed by atoms with van der Waals surface area (Å²) in [5, 5.41) is 0. The molecule has 1 rings (SSSR count). The van der Waals surface area contributed by atoms with Gasteiger partial charge in [0.2, 0.25) is 0 Å². The Balaban J connectivity index is 3.21. The molecule has 0 heterocycles. The number of alkyl halides is 3. The SMILES string of the molecule is COc1ccc(OC)c(OC(F)(F)F)c1I. The van der Waals surface area contributed by atoms with E-state index in [0.717, 1.165) is 0 Å². The fourth-order valence-corrected chi connectivity index (χ4v) is 1.83. The largest absolute Gasteiger partial charge is 0.573 e. The van der Waals surface area contributed by atoms with E-state index >= 15 is 0 Å². The van der Waals surface area contributed by atoms with Gasteiger partial charge in [0.05, 0.1) is 14.2 Å². The molecule has 7 heteroatoms. The van der Waals surface area contributed by atoms with Crippen molar-refractivity contribution in [1.29, 1.82) is 0 Å². The lowest BCUT2D eigenvalue weighted by atomic mass is 10.3. The van der Waals surface area contributed by atoms with E-state index in [1.54, 1.807) is 22.6 Å². The van der Waals surface area contributed by atoms with Gasteiger partial charge in [0.15, 0.2) is 11.5 Å². The lowest BCUT2D eigenvalue weighted by Crippen LogP contribution is -2.18. The van der Waals surface area contributed by atoms with Crippen LogP contribution in [-0.2, 0) is 0 Å². The minimum atomic E-state index is -4.76. The van der Waals surface area contributed by atoms with E-state index in [0.29, 0.717) is 5.75 Å². The zero-order chi connectivity index (χ0) is 12.3. The molecule has 0 aromatic heterocycles. The number of halogens is 4. The van der Waals surface area contributed by atoms with Crippen molar-refractivity contribution in [2.45, 2.75) is 6.36 Å². The molecule has 0 unspecified atom stereocenters. The second-order valence-electron chi connectivity index (χ2n) is 2.66. The first-order valence-corrected chi connectivity index (χ1v) is 5.13. The molecule has 0 amide bonds. The van der Waals surface area contributed by atoms with Gasteiger partial charge in [0, 0.05) is 0 Å². The molecule has 0 bridgehead atoms. The van der Waals surface area contributed by atoms with Crippen LogP contribution in [0.2, 0.25) is 0 Å². The average molecular weight is 348 g/mol. The molecule has 0 spiro atoms. The van der Waals surface area contributed by atoms with E-state index in [1.807, 2.05) is 0 Å². The third-order valence-electron chi connectivity index (χ3n) is 1.68. The molecular weight excluding hydrogens is 340 g/mol. The molecule has 1 aromatic carbocycles. The summed E-state index contributed by atoms with van der Waals surface area (Å²) < 4.78 is 50.2. The summed E-state index contributed by atoms with van der Waals surface area (Å²) >= 11 is 1.70. The highest BCUT2D eigenvalue weighted by molar-refractivity contribution is 14.1. The Bertz CT molecular complexity index is 379. The van der Waals surface area contributed by atoms with Crippen molar-refractivity contribution < 1.29 is 27.4 Å². The average Bonchev–Trinajstić information content (AvgIpc) is 2.19. The second-order valence-corrected chi connectivity index (χ2v) is 3.74. The lowest BCUT2D eigenvalue weighted by molar-refractivity contribution is -0.275. The molecule has 0 N–H and O–H groups in total. The van der Waals surface area contributed by atoms with Crippen molar-refractivity contribution >= 4 is 22.6 Å². The molecule has 0 fully saturated rings. The van der Waals surface area contributed by atoms with E-state index in [2.05, 4.69) is 4.74 Å². The third-order valence-corrected chi connectivity index (χ3v) is 2.70. The van der Waals surface area contributed by atoms with Crippen LogP contribution in [0.15, 0.2) is 12.1 Å². The van der Waals surface area contributed by atoms with Gasteiger partial charge in [-0.25, -0.2) is 0 Å². The summed E-state index contributed by atoms with van der Waals surface area (Å²) in [6, 6.07) is 2.85. The van der Waals surface area contributed by atoms with Crippen LogP contribution in [0, 0.1) is 3.57 Å². The van der Waals surface area contributed by atoms with E-state index < -0.39 is 12.1 Å². The molecule has 0 atom stereocenters. The van der Waals surface area contributed by atoms with Crippen LogP contribution < -0.4 is 14.2 Å². The van der Waals surface area contributed by atoms with E-state index in [-0.39, 0.29) is 9.32 Å². The van der Waals surface area contributed by atoms with Gasteiger partial charge in [-0.05, 0) is 34.7 Å². The van der Waals surface area contributed by atoms with Crippen molar-refractivity contribution in [2.75, 3.05) is 14.2 Å². The van der Waals surface area contributed by atoms with Crippen LogP contribution in [0.4, 0.5) is 13.2 Å². The first-order valence-electron chi connectivity index (χ1n) is 4.05. The highest BCUT2D eigenvalue weighted by atomic mass is 127. The van der Waals surface area contributed by atoms with Gasteiger partial charge in [0.25, 0.3) is 0 Å². The Morgan fingerprint density at radius 2 is 1.56 bits per heavy atom. The van der Waals surface area contributed by atoms with Crippen molar-refractivity contribution in [3.05, 3.63) is 15.7 Å². The van der Waals surface area contributed by atoms with E-state index in [9.17, 15) is 13.2 Å². The summed E-state index contributed by atoms with van der Waals surface area (Å²) in [5.74, 6) is -0.0990. The highest BCUT2D eigenvalue weighted by Crippen LogP contribution is 2.40. The van der Waals surface area contributed by atoms with Gasteiger partial charge in [-0.15, -0.1) is 13.2 Å². The zero-order valence-electron chi connectivity index (χ0n) is 8.39. The second kappa shape index (κ2) is 4.98. The Kier molecular flexibility index (Phi) is 4.11. The molecule has 0 aliphatic carbocycles. The first-order chi connectivity index (χ1) is 7.39. The fraction of sp³-hybridized carbons (Fsp3) is 0.333. The number of hydrogen-bond donors (Lipinski definition) is 0. The Morgan fingerprint density at radius 3 is 2.00 bits per heavy atom. The van der Waals surface area contributed by atoms with Crippen molar-refractivity contribution in [3.8, 4) is 17.2 Å². The van der Waals surface area contributed by atoms with Crippen LogP contribution in [-0.4, -0.2) is 20.6 Å². The van der Waals surface area contributed by atoms with Gasteiger partial charge in [-0.2, -0.15) is 0 Å². The molecule has 90 valence electrons.